The quantitative estimate of drug-likeness (QED) is 0.771. The molecule has 2 rings (SSSR count). The van der Waals surface area contributed by atoms with Gasteiger partial charge in [-0.05, 0) is 44.4 Å². The second-order valence-corrected chi connectivity index (χ2v) is 6.72. The molecule has 0 aromatic carbocycles. The van der Waals surface area contributed by atoms with Gasteiger partial charge in [0, 0.05) is 5.54 Å². The van der Waals surface area contributed by atoms with Crippen LogP contribution in [0.2, 0.25) is 0 Å². The van der Waals surface area contributed by atoms with E-state index in [-0.39, 0.29) is 11.4 Å². The lowest BCUT2D eigenvalue weighted by Crippen LogP contribution is -2.56. The molecule has 0 radical (unpaired) electrons. The van der Waals surface area contributed by atoms with Gasteiger partial charge in [0.25, 0.3) is 0 Å². The molecule has 2 saturated carbocycles. The highest BCUT2D eigenvalue weighted by Crippen LogP contribution is 2.46. The molecular formula is C14H24ClNO. The van der Waals surface area contributed by atoms with Gasteiger partial charge in [-0.3, -0.25) is 4.79 Å². The number of alkyl halides is 1. The highest BCUT2D eigenvalue weighted by molar-refractivity contribution is 6.30. The number of fused-ring (bicyclic) bond motifs is 2. The van der Waals surface area contributed by atoms with Crippen LogP contribution in [0.3, 0.4) is 0 Å². The molecule has 2 aliphatic rings. The Kier molecular flexibility index (Phi) is 4.02. The zero-order valence-electron chi connectivity index (χ0n) is 11.0. The fourth-order valence-corrected chi connectivity index (χ4v) is 3.87. The average molecular weight is 258 g/mol. The Bertz CT molecular complexity index is 292. The van der Waals surface area contributed by atoms with E-state index in [9.17, 15) is 4.79 Å². The smallest absolute Gasteiger partial charge is 0.238 e. The Hall–Kier alpha value is -0.240. The van der Waals surface area contributed by atoms with E-state index >= 15 is 0 Å². The first-order chi connectivity index (χ1) is 8.04. The molecule has 2 bridgehead atoms. The lowest BCUT2D eigenvalue weighted by molar-refractivity contribution is -0.124. The predicted octanol–water partition coefficient (Wildman–Crippen LogP) is 3.48. The molecule has 98 valence electrons. The first-order valence-electron chi connectivity index (χ1n) is 7.01. The molecule has 0 aromatic rings. The molecule has 0 spiro atoms. The highest BCUT2D eigenvalue weighted by Gasteiger charge is 2.43. The summed E-state index contributed by atoms with van der Waals surface area (Å²) in [6.07, 6.45) is 8.71. The molecule has 0 unspecified atom stereocenters. The SMILES string of the molecule is CC[C@H]1C[C@@H]2CCC[C@@](NC(=O)[C@@H](C)Cl)(C1)C2. The van der Waals surface area contributed by atoms with Gasteiger partial charge >= 0.3 is 0 Å². The number of halogens is 1. The molecule has 0 heterocycles. The van der Waals surface area contributed by atoms with Crippen molar-refractivity contribution in [2.24, 2.45) is 11.8 Å². The fraction of sp³-hybridized carbons (Fsp3) is 0.929. The van der Waals surface area contributed by atoms with Crippen LogP contribution >= 0.6 is 11.6 Å². The molecule has 2 aliphatic carbocycles. The second kappa shape index (κ2) is 5.17. The maximum Gasteiger partial charge on any atom is 0.238 e. The van der Waals surface area contributed by atoms with Crippen LogP contribution in [0.5, 0.6) is 0 Å². The highest BCUT2D eigenvalue weighted by atomic mass is 35.5. The van der Waals surface area contributed by atoms with Crippen LogP contribution in [0.25, 0.3) is 0 Å². The number of carbonyl (C=O) groups excluding carboxylic acids is 1. The lowest BCUT2D eigenvalue weighted by Gasteiger charge is -2.49. The zero-order chi connectivity index (χ0) is 12.5. The third kappa shape index (κ3) is 2.96. The third-order valence-corrected chi connectivity index (χ3v) is 4.82. The average Bonchev–Trinajstić information content (AvgIpc) is 2.27. The molecule has 1 amide bonds. The number of amides is 1. The Labute approximate surface area is 109 Å². The molecule has 0 aromatic heterocycles. The first-order valence-corrected chi connectivity index (χ1v) is 7.44. The number of nitrogens with one attached hydrogen (secondary N) is 1. The summed E-state index contributed by atoms with van der Waals surface area (Å²) in [5.41, 5.74) is 0.0715. The molecule has 0 saturated heterocycles. The molecular weight excluding hydrogens is 234 g/mol. The number of hydrogen-bond donors (Lipinski definition) is 1. The molecule has 0 aliphatic heterocycles. The van der Waals surface area contributed by atoms with Crippen molar-refractivity contribution in [3.63, 3.8) is 0 Å². The zero-order valence-corrected chi connectivity index (χ0v) is 11.7. The van der Waals surface area contributed by atoms with Gasteiger partial charge in [-0.2, -0.15) is 0 Å². The van der Waals surface area contributed by atoms with Crippen LogP contribution in [0.1, 0.15) is 58.8 Å². The summed E-state index contributed by atoms with van der Waals surface area (Å²) in [5.74, 6) is 1.64. The standard InChI is InChI=1S/C14H24ClNO/c1-3-11-7-12-5-4-6-14(8-11,9-12)16-13(17)10(2)15/h10-12H,3-9H2,1-2H3,(H,16,17)/t10-,11+,12+,14-/m1/s1. The Balaban J connectivity index is 2.07. The maximum atomic E-state index is 11.9. The minimum atomic E-state index is -0.410. The van der Waals surface area contributed by atoms with Gasteiger partial charge in [0.15, 0.2) is 0 Å². The normalized spacial score (nSPS) is 38.5. The minimum Gasteiger partial charge on any atom is -0.349 e. The molecule has 4 atom stereocenters. The van der Waals surface area contributed by atoms with Gasteiger partial charge in [-0.25, -0.2) is 0 Å². The van der Waals surface area contributed by atoms with Crippen LogP contribution in [-0.2, 0) is 4.79 Å². The fourth-order valence-electron chi connectivity index (χ4n) is 3.82. The molecule has 3 heteroatoms. The van der Waals surface area contributed by atoms with Crippen molar-refractivity contribution in [2.75, 3.05) is 0 Å². The van der Waals surface area contributed by atoms with E-state index in [0.29, 0.717) is 0 Å². The molecule has 17 heavy (non-hydrogen) atoms. The second-order valence-electron chi connectivity index (χ2n) is 6.06. The summed E-state index contributed by atoms with van der Waals surface area (Å²) in [6, 6.07) is 0. The first kappa shape index (κ1) is 13.2. The van der Waals surface area contributed by atoms with Crippen molar-refractivity contribution in [2.45, 2.75) is 69.7 Å². The van der Waals surface area contributed by atoms with Crippen molar-refractivity contribution < 1.29 is 4.79 Å². The van der Waals surface area contributed by atoms with Gasteiger partial charge in [-0.1, -0.05) is 26.2 Å². The predicted molar refractivity (Wildman–Crippen MR) is 71.2 cm³/mol. The van der Waals surface area contributed by atoms with Crippen molar-refractivity contribution in [1.29, 1.82) is 0 Å². The number of carbonyl (C=O) groups is 1. The minimum absolute atomic E-state index is 0.0177. The Morgan fingerprint density at radius 1 is 1.53 bits per heavy atom. The van der Waals surface area contributed by atoms with Gasteiger partial charge in [0.2, 0.25) is 5.91 Å². The summed E-state index contributed by atoms with van der Waals surface area (Å²) in [6.45, 7) is 4.03. The topological polar surface area (TPSA) is 29.1 Å². The number of rotatable bonds is 3. The third-order valence-electron chi connectivity index (χ3n) is 4.62. The van der Waals surface area contributed by atoms with Gasteiger partial charge in [-0.15, -0.1) is 11.6 Å². The summed E-state index contributed by atoms with van der Waals surface area (Å²) in [7, 11) is 0. The van der Waals surface area contributed by atoms with Gasteiger partial charge in [0.05, 0.1) is 0 Å². The van der Waals surface area contributed by atoms with Crippen LogP contribution < -0.4 is 5.32 Å². The molecule has 2 nitrogen and oxygen atoms in total. The monoisotopic (exact) mass is 257 g/mol. The van der Waals surface area contributed by atoms with Crippen molar-refractivity contribution in [3.8, 4) is 0 Å². The van der Waals surface area contributed by atoms with E-state index in [4.69, 9.17) is 11.6 Å². The van der Waals surface area contributed by atoms with Crippen LogP contribution in [0.15, 0.2) is 0 Å². The number of hydrogen-bond acceptors (Lipinski definition) is 1. The summed E-state index contributed by atoms with van der Waals surface area (Å²) < 4.78 is 0. The van der Waals surface area contributed by atoms with Crippen molar-refractivity contribution in [3.05, 3.63) is 0 Å². The molecule has 2 fully saturated rings. The largest absolute Gasteiger partial charge is 0.349 e. The Morgan fingerprint density at radius 2 is 2.29 bits per heavy atom. The van der Waals surface area contributed by atoms with Gasteiger partial charge in [0.1, 0.15) is 5.38 Å². The van der Waals surface area contributed by atoms with Crippen LogP contribution in [-0.4, -0.2) is 16.8 Å². The summed E-state index contributed by atoms with van der Waals surface area (Å²) >= 11 is 5.88. The Morgan fingerprint density at radius 3 is 2.94 bits per heavy atom. The van der Waals surface area contributed by atoms with Crippen molar-refractivity contribution >= 4 is 17.5 Å². The maximum absolute atomic E-state index is 11.9. The van der Waals surface area contributed by atoms with E-state index in [1.54, 1.807) is 6.92 Å². The van der Waals surface area contributed by atoms with E-state index < -0.39 is 5.38 Å². The summed E-state index contributed by atoms with van der Waals surface area (Å²) in [4.78, 5) is 11.9. The van der Waals surface area contributed by atoms with E-state index in [0.717, 1.165) is 24.7 Å². The van der Waals surface area contributed by atoms with Crippen molar-refractivity contribution in [1.82, 2.24) is 5.32 Å². The van der Waals surface area contributed by atoms with Crippen LogP contribution in [0.4, 0.5) is 0 Å². The van der Waals surface area contributed by atoms with Crippen LogP contribution in [0, 0.1) is 11.8 Å². The molecule has 1 N–H and O–H groups in total. The lowest BCUT2D eigenvalue weighted by atomic mass is 9.63. The van der Waals surface area contributed by atoms with E-state index in [1.165, 1.54) is 32.1 Å². The van der Waals surface area contributed by atoms with E-state index in [1.807, 2.05) is 0 Å². The summed E-state index contributed by atoms with van der Waals surface area (Å²) in [5, 5.41) is 2.85. The van der Waals surface area contributed by atoms with Gasteiger partial charge < -0.3 is 5.32 Å². The van der Waals surface area contributed by atoms with E-state index in [2.05, 4.69) is 12.2 Å².